The number of ether oxygens (including phenoxy) is 2. The van der Waals surface area contributed by atoms with Crippen molar-refractivity contribution in [3.05, 3.63) is 0 Å². The van der Waals surface area contributed by atoms with E-state index in [0.717, 1.165) is 45.8 Å². The second-order valence-electron chi connectivity index (χ2n) is 6.75. The lowest BCUT2D eigenvalue weighted by Crippen LogP contribution is -2.63. The van der Waals surface area contributed by atoms with E-state index >= 15 is 0 Å². The average Bonchev–Trinajstić information content (AvgIpc) is 2.88. The number of ketones is 1. The number of hydrogen-bond donors (Lipinski definition) is 0. The number of rotatable bonds is 1. The van der Waals surface area contributed by atoms with E-state index in [2.05, 4.69) is 18.7 Å². The summed E-state index contributed by atoms with van der Waals surface area (Å²) in [6.07, 6.45) is 2.18. The summed E-state index contributed by atoms with van der Waals surface area (Å²) in [5, 5.41) is 0. The third kappa shape index (κ3) is 0.928. The topological polar surface area (TPSA) is 38.8 Å². The second kappa shape index (κ2) is 3.17. The van der Waals surface area contributed by atoms with Crippen LogP contribution in [0.2, 0.25) is 0 Å². The van der Waals surface area contributed by atoms with Gasteiger partial charge in [0.05, 0.1) is 19.8 Å². The van der Waals surface area contributed by atoms with Crippen LogP contribution in [-0.4, -0.2) is 49.3 Å². The minimum atomic E-state index is -0.606. The monoisotopic (exact) mass is 251 g/mol. The molecular formula is C14H21NO3. The number of hydrogen-bond acceptors (Lipinski definition) is 4. The first-order valence-corrected chi connectivity index (χ1v) is 7.07. The fourth-order valence-electron chi connectivity index (χ4n) is 5.01. The Hall–Kier alpha value is -0.450. The van der Waals surface area contributed by atoms with Gasteiger partial charge in [0.15, 0.2) is 11.5 Å². The highest BCUT2D eigenvalue weighted by Crippen LogP contribution is 2.72. The van der Waals surface area contributed by atoms with Gasteiger partial charge in [-0.15, -0.1) is 0 Å². The van der Waals surface area contributed by atoms with E-state index in [-0.39, 0.29) is 10.8 Å². The van der Waals surface area contributed by atoms with Gasteiger partial charge in [-0.2, -0.15) is 0 Å². The number of morpholine rings is 1. The average molecular weight is 251 g/mol. The van der Waals surface area contributed by atoms with Crippen molar-refractivity contribution in [3.8, 4) is 0 Å². The summed E-state index contributed by atoms with van der Waals surface area (Å²) in [6, 6.07) is 0. The molecule has 4 fully saturated rings. The Labute approximate surface area is 108 Å². The van der Waals surface area contributed by atoms with Crippen molar-refractivity contribution in [2.24, 2.45) is 16.7 Å². The molecule has 2 saturated carbocycles. The highest BCUT2D eigenvalue weighted by molar-refractivity contribution is 5.98. The van der Waals surface area contributed by atoms with Gasteiger partial charge in [0, 0.05) is 29.8 Å². The first kappa shape index (κ1) is 11.4. The van der Waals surface area contributed by atoms with Crippen LogP contribution < -0.4 is 0 Å². The molecular weight excluding hydrogens is 230 g/mol. The van der Waals surface area contributed by atoms with Gasteiger partial charge in [-0.25, -0.2) is 0 Å². The molecule has 2 saturated heterocycles. The molecule has 0 amide bonds. The van der Waals surface area contributed by atoms with Crippen molar-refractivity contribution in [1.82, 2.24) is 4.90 Å². The SMILES string of the molecule is C[C@@]12CO[C@]3(N4CCOCC4)C(=O)[C@@]1(C)CC[C@H]32. The maximum atomic E-state index is 13.0. The molecule has 0 spiro atoms. The van der Waals surface area contributed by atoms with E-state index < -0.39 is 5.72 Å². The van der Waals surface area contributed by atoms with Gasteiger partial charge >= 0.3 is 0 Å². The van der Waals surface area contributed by atoms with Crippen LogP contribution in [0.1, 0.15) is 26.7 Å². The number of carbonyl (C=O) groups is 1. The molecule has 4 heteroatoms. The van der Waals surface area contributed by atoms with Crippen molar-refractivity contribution >= 4 is 5.78 Å². The fraction of sp³-hybridized carbons (Fsp3) is 0.929. The standard InChI is InChI=1S/C14H21NO3/c1-12-4-3-10-13(12,2)9-18-14(10,11(12)16)15-5-7-17-8-6-15/h10H,3-9H2,1-2H3/t10-,12+,13-,14-/m0/s1. The molecule has 0 radical (unpaired) electrons. The molecule has 2 aliphatic heterocycles. The Morgan fingerprint density at radius 3 is 2.61 bits per heavy atom. The Morgan fingerprint density at radius 2 is 2.00 bits per heavy atom. The summed E-state index contributed by atoms with van der Waals surface area (Å²) in [4.78, 5) is 15.2. The van der Waals surface area contributed by atoms with Crippen LogP contribution in [0.3, 0.4) is 0 Å². The van der Waals surface area contributed by atoms with Gasteiger partial charge < -0.3 is 9.47 Å². The van der Waals surface area contributed by atoms with Crippen LogP contribution in [0, 0.1) is 16.7 Å². The predicted molar refractivity (Wildman–Crippen MR) is 65.0 cm³/mol. The smallest absolute Gasteiger partial charge is 0.186 e. The van der Waals surface area contributed by atoms with Crippen molar-refractivity contribution in [2.75, 3.05) is 32.9 Å². The lowest BCUT2D eigenvalue weighted by Gasteiger charge is -2.47. The van der Waals surface area contributed by atoms with Crippen LogP contribution in [0.4, 0.5) is 0 Å². The normalized spacial score (nSPS) is 55.4. The lowest BCUT2D eigenvalue weighted by molar-refractivity contribution is -0.200. The Morgan fingerprint density at radius 1 is 1.28 bits per heavy atom. The molecule has 100 valence electrons. The summed E-state index contributed by atoms with van der Waals surface area (Å²) in [5.74, 6) is 0.738. The molecule has 0 N–H and O–H groups in total. The molecule has 0 unspecified atom stereocenters. The van der Waals surface area contributed by atoms with E-state index in [1.54, 1.807) is 0 Å². The van der Waals surface area contributed by atoms with Crippen LogP contribution in [0.5, 0.6) is 0 Å². The third-order valence-electron chi connectivity index (χ3n) is 6.33. The first-order valence-electron chi connectivity index (χ1n) is 7.07. The molecule has 4 rings (SSSR count). The molecule has 18 heavy (non-hydrogen) atoms. The van der Waals surface area contributed by atoms with Crippen molar-refractivity contribution in [3.63, 3.8) is 0 Å². The van der Waals surface area contributed by atoms with Gasteiger partial charge in [-0.1, -0.05) is 13.8 Å². The lowest BCUT2D eigenvalue weighted by atomic mass is 9.69. The first-order chi connectivity index (χ1) is 8.56. The van der Waals surface area contributed by atoms with Crippen LogP contribution >= 0.6 is 0 Å². The molecule has 0 aromatic heterocycles. The minimum Gasteiger partial charge on any atom is -0.379 e. The molecule has 4 atom stereocenters. The molecule has 0 aromatic carbocycles. The molecule has 2 aliphatic carbocycles. The Bertz CT molecular complexity index is 419. The zero-order valence-corrected chi connectivity index (χ0v) is 11.2. The van der Waals surface area contributed by atoms with Gasteiger partial charge in [0.25, 0.3) is 0 Å². The second-order valence-corrected chi connectivity index (χ2v) is 6.75. The van der Waals surface area contributed by atoms with Gasteiger partial charge in [-0.05, 0) is 12.8 Å². The van der Waals surface area contributed by atoms with E-state index in [1.807, 2.05) is 0 Å². The van der Waals surface area contributed by atoms with Crippen molar-refractivity contribution in [1.29, 1.82) is 0 Å². The Balaban J connectivity index is 1.80. The molecule has 0 aromatic rings. The fourth-order valence-corrected chi connectivity index (χ4v) is 5.01. The summed E-state index contributed by atoms with van der Waals surface area (Å²) in [6.45, 7) is 8.27. The summed E-state index contributed by atoms with van der Waals surface area (Å²) in [7, 11) is 0. The van der Waals surface area contributed by atoms with Crippen LogP contribution in [0.15, 0.2) is 0 Å². The summed E-state index contributed by atoms with van der Waals surface area (Å²) in [5.41, 5.74) is -0.706. The molecule has 4 bridgehead atoms. The highest BCUT2D eigenvalue weighted by atomic mass is 16.5. The summed E-state index contributed by atoms with van der Waals surface area (Å²) < 4.78 is 11.5. The maximum absolute atomic E-state index is 13.0. The predicted octanol–water partition coefficient (Wildman–Crippen LogP) is 1.05. The van der Waals surface area contributed by atoms with Gasteiger partial charge in [0.2, 0.25) is 0 Å². The zero-order valence-electron chi connectivity index (χ0n) is 11.2. The third-order valence-corrected chi connectivity index (χ3v) is 6.33. The van der Waals surface area contributed by atoms with E-state index in [0.29, 0.717) is 11.7 Å². The van der Waals surface area contributed by atoms with E-state index in [4.69, 9.17) is 9.47 Å². The largest absolute Gasteiger partial charge is 0.379 e. The molecule has 4 aliphatic rings. The number of carbonyl (C=O) groups excluding carboxylic acids is 1. The van der Waals surface area contributed by atoms with Gasteiger partial charge in [-0.3, -0.25) is 9.69 Å². The summed E-state index contributed by atoms with van der Waals surface area (Å²) >= 11 is 0. The minimum absolute atomic E-state index is 0.0579. The van der Waals surface area contributed by atoms with E-state index in [1.165, 1.54) is 0 Å². The number of Topliss-reactive ketones (excluding diaryl/α,β-unsaturated/α-hetero) is 1. The van der Waals surface area contributed by atoms with E-state index in [9.17, 15) is 4.79 Å². The van der Waals surface area contributed by atoms with Crippen LogP contribution in [0.25, 0.3) is 0 Å². The molecule has 2 heterocycles. The number of nitrogens with zero attached hydrogens (tertiary/aromatic N) is 1. The molecule has 4 nitrogen and oxygen atoms in total. The van der Waals surface area contributed by atoms with Gasteiger partial charge in [0.1, 0.15) is 0 Å². The highest BCUT2D eigenvalue weighted by Gasteiger charge is 2.81. The Kier molecular flexibility index (Phi) is 2.00. The van der Waals surface area contributed by atoms with Crippen molar-refractivity contribution < 1.29 is 14.3 Å². The van der Waals surface area contributed by atoms with Crippen LogP contribution in [-0.2, 0) is 14.3 Å². The quantitative estimate of drug-likeness (QED) is 0.698. The maximum Gasteiger partial charge on any atom is 0.186 e. The van der Waals surface area contributed by atoms with Crippen molar-refractivity contribution in [2.45, 2.75) is 32.4 Å². The zero-order chi connectivity index (χ0) is 12.6.